The van der Waals surface area contributed by atoms with E-state index in [2.05, 4.69) is 20.9 Å². The van der Waals surface area contributed by atoms with Gasteiger partial charge in [-0.2, -0.15) is 9.97 Å². The number of nitrogens with one attached hydrogen (secondary N) is 3. The lowest BCUT2D eigenvalue weighted by atomic mass is 9.78. The summed E-state index contributed by atoms with van der Waals surface area (Å²) in [6.07, 6.45) is 17.1. The normalized spacial score (nSPS) is 30.6. The molecule has 0 radical (unpaired) electrons. The number of fused-ring (bicyclic) bond motifs is 2. The monoisotopic (exact) mass is 795 g/mol. The van der Waals surface area contributed by atoms with E-state index >= 15 is 0 Å². The lowest BCUT2D eigenvalue weighted by molar-refractivity contribution is -0.133. The molecule has 6 heterocycles. The third-order valence-corrected chi connectivity index (χ3v) is 14.9. The Morgan fingerprint density at radius 1 is 0.655 bits per heavy atom. The van der Waals surface area contributed by atoms with Crippen LogP contribution in [0, 0.1) is 0 Å². The molecule has 10 rings (SSSR count). The number of hydrogen-bond donors (Lipinski definition) is 3. The van der Waals surface area contributed by atoms with Crippen molar-refractivity contribution in [1.82, 2.24) is 53.3 Å². The van der Waals surface area contributed by atoms with Crippen molar-refractivity contribution in [3.63, 3.8) is 0 Å². The molecule has 2 saturated heterocycles. The number of imide groups is 1. The highest BCUT2D eigenvalue weighted by molar-refractivity contribution is 6.06. The first-order valence-electron chi connectivity index (χ1n) is 21.3. The van der Waals surface area contributed by atoms with Crippen molar-refractivity contribution in [3.05, 3.63) is 33.4 Å². The first-order chi connectivity index (χ1) is 27.9. The zero-order valence-corrected chi connectivity index (χ0v) is 33.6. The molecule has 308 valence electrons. The lowest BCUT2D eigenvalue weighted by Gasteiger charge is -2.39. The fourth-order valence-electron chi connectivity index (χ4n) is 11.4. The average molecular weight is 796 g/mol. The molecule has 18 heteroatoms. The number of aryl methyl sites for hydroxylation is 1. The topological polar surface area (TPSA) is 199 Å². The predicted molar refractivity (Wildman–Crippen MR) is 215 cm³/mol. The Kier molecular flexibility index (Phi) is 8.71. The zero-order chi connectivity index (χ0) is 40.1. The van der Waals surface area contributed by atoms with Crippen molar-refractivity contribution in [3.8, 4) is 0 Å². The minimum absolute atomic E-state index is 0.00275. The van der Waals surface area contributed by atoms with Crippen LogP contribution in [0.15, 0.2) is 22.0 Å². The van der Waals surface area contributed by atoms with E-state index in [0.717, 1.165) is 63.3 Å². The molecule has 2 atom stereocenters. The number of anilines is 2. The van der Waals surface area contributed by atoms with E-state index in [1.807, 2.05) is 9.13 Å². The summed E-state index contributed by atoms with van der Waals surface area (Å²) in [5.41, 5.74) is 1.45. The molecule has 4 saturated carbocycles. The number of urea groups is 1. The Bertz CT molecular complexity index is 2440. The number of rotatable bonds is 7. The van der Waals surface area contributed by atoms with Gasteiger partial charge in [0.15, 0.2) is 11.3 Å². The van der Waals surface area contributed by atoms with Crippen LogP contribution in [0.1, 0.15) is 127 Å². The van der Waals surface area contributed by atoms with Crippen molar-refractivity contribution in [2.75, 3.05) is 24.7 Å². The number of nitrogens with zero attached hydrogens (tertiary/aromatic N) is 10. The van der Waals surface area contributed by atoms with Crippen molar-refractivity contribution in [1.29, 1.82) is 0 Å². The van der Waals surface area contributed by atoms with Gasteiger partial charge in [-0.05, 0) is 89.9 Å². The van der Waals surface area contributed by atoms with Gasteiger partial charge in [0.1, 0.15) is 16.6 Å². The highest BCUT2D eigenvalue weighted by atomic mass is 16.2. The highest BCUT2D eigenvalue weighted by Gasteiger charge is 2.55. The fraction of sp³-hybridized carbons (Fsp3) is 0.675. The van der Waals surface area contributed by atoms with Crippen molar-refractivity contribution in [2.45, 2.75) is 150 Å². The van der Waals surface area contributed by atoms with Crippen LogP contribution in [0.25, 0.3) is 22.3 Å². The Morgan fingerprint density at radius 2 is 1.22 bits per heavy atom. The van der Waals surface area contributed by atoms with E-state index in [4.69, 9.17) is 15.0 Å². The maximum Gasteiger partial charge on any atom is 0.330 e. The average Bonchev–Trinajstić information content (AvgIpc) is 4.08. The number of likely N-dealkylation sites (N-methyl/N-ethyl adjacent to an activating group) is 2. The number of carbonyl (C=O) groups excluding carboxylic acids is 3. The van der Waals surface area contributed by atoms with Crippen LogP contribution < -0.4 is 27.3 Å². The summed E-state index contributed by atoms with van der Waals surface area (Å²) >= 11 is 0. The Hall–Kier alpha value is -5.29. The van der Waals surface area contributed by atoms with Gasteiger partial charge < -0.3 is 20.9 Å². The molecule has 6 aliphatic rings. The van der Waals surface area contributed by atoms with E-state index < -0.39 is 5.54 Å². The van der Waals surface area contributed by atoms with Crippen LogP contribution in [0.5, 0.6) is 0 Å². The molecule has 4 aromatic heterocycles. The molecule has 2 spiro atoms. The van der Waals surface area contributed by atoms with E-state index in [1.54, 1.807) is 40.5 Å². The van der Waals surface area contributed by atoms with Gasteiger partial charge >= 0.3 is 17.4 Å². The van der Waals surface area contributed by atoms with Gasteiger partial charge in [-0.15, -0.1) is 0 Å². The largest absolute Gasteiger partial charge is 0.351 e. The standard InChI is InChI=1S/C40H53N13O5/c1-48-28-21-41-34(44-24-12-18-40(19-13-24)33(55)49(2)36(56)50(40)3)45-31(28)53(37(48)57)27-9-8-26(20-27)51-29-22-42-35(46-32(29)52(38(51)58)25-6-4-5-7-25)43-23-10-15-39(16-11-23)17-14-30(54)47-39/h21-27H,4-20H2,1-3H3,(H,47,54)(H,41,44,45)(H,42,43,46). The van der Waals surface area contributed by atoms with Gasteiger partial charge in [-0.3, -0.25) is 32.8 Å². The van der Waals surface area contributed by atoms with E-state index in [9.17, 15) is 24.0 Å². The summed E-state index contributed by atoms with van der Waals surface area (Å²) in [5.74, 6) is 0.944. The Labute approximate surface area is 334 Å². The number of hydrogen-bond acceptors (Lipinski definition) is 11. The minimum Gasteiger partial charge on any atom is -0.351 e. The number of aromatic nitrogens is 8. The second-order valence-electron chi connectivity index (χ2n) is 18.0. The molecule has 3 N–H and O–H groups in total. The molecule has 2 unspecified atom stereocenters. The number of carbonyl (C=O) groups is 3. The van der Waals surface area contributed by atoms with Crippen LogP contribution in [0.4, 0.5) is 16.7 Å². The predicted octanol–water partition coefficient (Wildman–Crippen LogP) is 3.74. The summed E-state index contributed by atoms with van der Waals surface area (Å²) in [4.78, 5) is 88.0. The third-order valence-electron chi connectivity index (χ3n) is 14.9. The molecule has 6 fully saturated rings. The summed E-state index contributed by atoms with van der Waals surface area (Å²) in [6, 6.07) is -0.333. The fourth-order valence-corrected chi connectivity index (χ4v) is 11.4. The quantitative estimate of drug-likeness (QED) is 0.230. The molecule has 4 aromatic rings. The molecule has 2 aliphatic heterocycles. The molecular formula is C40H53N13O5. The molecule has 4 amide bonds. The van der Waals surface area contributed by atoms with Gasteiger partial charge in [0.25, 0.3) is 5.91 Å². The van der Waals surface area contributed by atoms with E-state index in [1.165, 1.54) is 11.9 Å². The van der Waals surface area contributed by atoms with Crippen LogP contribution >= 0.6 is 0 Å². The maximum absolute atomic E-state index is 14.5. The Morgan fingerprint density at radius 3 is 1.81 bits per heavy atom. The molecule has 0 aromatic carbocycles. The van der Waals surface area contributed by atoms with Gasteiger partial charge in [0.2, 0.25) is 17.8 Å². The number of imidazole rings is 2. The molecule has 18 nitrogen and oxygen atoms in total. The highest BCUT2D eigenvalue weighted by Crippen LogP contribution is 2.42. The second kappa shape index (κ2) is 13.6. The zero-order valence-electron chi connectivity index (χ0n) is 33.6. The third kappa shape index (κ3) is 5.74. The second-order valence-corrected chi connectivity index (χ2v) is 18.0. The van der Waals surface area contributed by atoms with Gasteiger partial charge in [0.05, 0.1) is 12.4 Å². The van der Waals surface area contributed by atoms with Gasteiger partial charge in [-0.1, -0.05) is 12.8 Å². The maximum atomic E-state index is 14.5. The van der Waals surface area contributed by atoms with E-state index in [0.29, 0.717) is 80.1 Å². The van der Waals surface area contributed by atoms with E-state index in [-0.39, 0.29) is 65.0 Å². The first-order valence-corrected chi connectivity index (χ1v) is 21.3. The SMILES string of the molecule is CN1C(=O)N(C)C2(CCC(Nc3ncc4c(n3)n(C3CCC(n5c(=O)n(C6CCCC6)c6nc(NC7CCC8(CCC(=O)N8)CC7)ncc65)C3)c(=O)n4C)CC2)C1=O. The summed E-state index contributed by atoms with van der Waals surface area (Å²) in [7, 11) is 4.98. The van der Waals surface area contributed by atoms with Crippen molar-refractivity contribution < 1.29 is 14.4 Å². The van der Waals surface area contributed by atoms with Crippen LogP contribution in [0.2, 0.25) is 0 Å². The molecule has 4 aliphatic carbocycles. The van der Waals surface area contributed by atoms with Crippen molar-refractivity contribution in [2.24, 2.45) is 7.05 Å². The minimum atomic E-state index is -0.805. The summed E-state index contributed by atoms with van der Waals surface area (Å²) < 4.78 is 7.15. The van der Waals surface area contributed by atoms with Gasteiger partial charge in [-0.25, -0.2) is 24.4 Å². The summed E-state index contributed by atoms with van der Waals surface area (Å²) in [5, 5.41) is 10.2. The molecular weight excluding hydrogens is 743 g/mol. The number of amides is 4. The summed E-state index contributed by atoms with van der Waals surface area (Å²) in [6.45, 7) is 0. The molecule has 58 heavy (non-hydrogen) atoms. The Balaban J connectivity index is 0.889. The van der Waals surface area contributed by atoms with Crippen LogP contribution in [0.3, 0.4) is 0 Å². The first kappa shape index (κ1) is 37.0. The van der Waals surface area contributed by atoms with Crippen LogP contribution in [-0.2, 0) is 16.6 Å². The lowest BCUT2D eigenvalue weighted by Crippen LogP contribution is -2.51. The van der Waals surface area contributed by atoms with Crippen molar-refractivity contribution >= 4 is 52.1 Å². The smallest absolute Gasteiger partial charge is 0.330 e. The van der Waals surface area contributed by atoms with Gasteiger partial charge in [0, 0.05) is 63.3 Å². The molecule has 0 bridgehead atoms. The van der Waals surface area contributed by atoms with Crippen LogP contribution in [-0.4, -0.2) is 103 Å².